The lowest BCUT2D eigenvalue weighted by Gasteiger charge is -2.47. The van der Waals surface area contributed by atoms with E-state index >= 15 is 0 Å². The minimum atomic E-state index is -4.70. The Morgan fingerprint density at radius 3 is 1.63 bits per heavy atom. The van der Waals surface area contributed by atoms with Gasteiger partial charge < -0.3 is 32.9 Å². The first-order valence-corrected chi connectivity index (χ1v) is 18.9. The van der Waals surface area contributed by atoms with E-state index in [0.29, 0.717) is 23.2 Å². The van der Waals surface area contributed by atoms with Crippen LogP contribution in [-0.4, -0.2) is 86.6 Å². The summed E-state index contributed by atoms with van der Waals surface area (Å²) in [5.41, 5.74) is -0.968. The highest BCUT2D eigenvalue weighted by atomic mass is 31.2. The number of quaternary nitrogens is 1. The predicted molar refractivity (Wildman–Crippen MR) is 181 cm³/mol. The second-order valence-electron chi connectivity index (χ2n) is 13.5. The van der Waals surface area contributed by atoms with Crippen molar-refractivity contribution in [2.45, 2.75) is 102 Å². The molecule has 2 unspecified atom stereocenters. The van der Waals surface area contributed by atoms with E-state index in [9.17, 15) is 18.9 Å². The molecular formula is C36H49NO13P+. The molecule has 3 aliphatic heterocycles. The van der Waals surface area contributed by atoms with Gasteiger partial charge in [-0.05, 0) is 38.8 Å². The number of rotatable bonds is 16. The molecule has 0 aliphatic carbocycles. The molecule has 1 spiro atoms. The molecule has 2 aromatic carbocycles. The highest BCUT2D eigenvalue weighted by Crippen LogP contribution is 2.51. The lowest BCUT2D eigenvalue weighted by Crippen LogP contribution is -2.60. The summed E-state index contributed by atoms with van der Waals surface area (Å²) in [5.74, 6) is -0.654. The third kappa shape index (κ3) is 9.48. The lowest BCUT2D eigenvalue weighted by atomic mass is 9.85. The number of nitrogens with zero attached hydrogens (tertiary/aromatic N) is 1. The molecule has 3 fully saturated rings. The summed E-state index contributed by atoms with van der Waals surface area (Å²) >= 11 is 0. The molecule has 51 heavy (non-hydrogen) atoms. The second-order valence-corrected chi connectivity index (χ2v) is 15.2. The van der Waals surface area contributed by atoms with Gasteiger partial charge in [-0.25, -0.2) is 28.0 Å². The van der Waals surface area contributed by atoms with Gasteiger partial charge in [0.1, 0.15) is 6.10 Å². The number of piperidine rings is 1. The molecule has 5 rings (SSSR count). The van der Waals surface area contributed by atoms with E-state index in [2.05, 4.69) is 0 Å². The summed E-state index contributed by atoms with van der Waals surface area (Å²) in [6, 6.07) is 18.5. The van der Waals surface area contributed by atoms with Crippen LogP contribution in [0.15, 0.2) is 60.7 Å². The van der Waals surface area contributed by atoms with Crippen molar-refractivity contribution in [1.29, 1.82) is 0 Å². The molecular weight excluding hydrogens is 685 g/mol. The Morgan fingerprint density at radius 1 is 0.725 bits per heavy atom. The van der Waals surface area contributed by atoms with Gasteiger partial charge in [-0.3, -0.25) is 4.52 Å². The molecule has 0 radical (unpaired) electrons. The lowest BCUT2D eigenvalue weighted by molar-refractivity contribution is -0.956. The first-order chi connectivity index (χ1) is 24.5. The van der Waals surface area contributed by atoms with E-state index in [1.165, 1.54) is 25.9 Å². The van der Waals surface area contributed by atoms with Gasteiger partial charge in [0, 0.05) is 38.5 Å². The highest BCUT2D eigenvalue weighted by molar-refractivity contribution is 7.48. The van der Waals surface area contributed by atoms with E-state index in [1.807, 2.05) is 12.1 Å². The zero-order valence-corrected chi connectivity index (χ0v) is 30.5. The van der Waals surface area contributed by atoms with Crippen LogP contribution in [0.4, 0.5) is 9.59 Å². The number of carbonyl (C=O) groups excluding carboxylic acids is 3. The fourth-order valence-corrected chi connectivity index (χ4v) is 8.31. The van der Waals surface area contributed by atoms with Crippen molar-refractivity contribution in [3.05, 3.63) is 71.8 Å². The van der Waals surface area contributed by atoms with Crippen LogP contribution >= 0.6 is 7.82 Å². The van der Waals surface area contributed by atoms with Crippen molar-refractivity contribution in [1.82, 2.24) is 0 Å². The Kier molecular flexibility index (Phi) is 13.2. The molecule has 0 amide bonds. The molecule has 2 bridgehead atoms. The molecule has 3 aliphatic rings. The average molecular weight is 735 g/mol. The fourth-order valence-electron chi connectivity index (χ4n) is 7.54. The topological polar surface area (TPSA) is 151 Å². The monoisotopic (exact) mass is 734 g/mol. The van der Waals surface area contributed by atoms with E-state index in [1.54, 1.807) is 76.2 Å². The Balaban J connectivity index is 1.36. The van der Waals surface area contributed by atoms with Gasteiger partial charge in [-0.1, -0.05) is 60.7 Å². The second kappa shape index (κ2) is 17.3. The normalized spacial score (nSPS) is 21.1. The zero-order chi connectivity index (χ0) is 36.5. The summed E-state index contributed by atoms with van der Waals surface area (Å²) in [5, 5.41) is 0. The van der Waals surface area contributed by atoms with E-state index < -0.39 is 64.3 Å². The van der Waals surface area contributed by atoms with Crippen molar-refractivity contribution < 1.29 is 65.4 Å². The summed E-state index contributed by atoms with van der Waals surface area (Å²) in [6.07, 6.45) is 2.80. The van der Waals surface area contributed by atoms with E-state index in [-0.39, 0.29) is 6.10 Å². The smallest absolute Gasteiger partial charge is 0.459 e. The Morgan fingerprint density at radius 2 is 1.18 bits per heavy atom. The standard InChI is InChI=1S/C36H49NO13P/c1-26(2)48-34(39)42-23-45-51(41,46-24-43-35(40)49-27(3)4)47-25-44-36(28-13-7-5-8-14-28,29-15-9-6-10-16-29)33(38)50-32-21-30-17-18-31(22-32)37(30)19-11-12-20-37/h5-10,13-16,26-27,30-32H,11-12,17-25H2,1-4H3/q+1. The number of benzene rings is 2. The SMILES string of the molecule is CC(C)OC(=O)OCOP(=O)(OCOC(=O)OC(C)C)OCOC(C(=O)OC1CC2CCC(C1)[N+]21CCCC1)(c1ccccc1)c1ccccc1. The molecule has 3 heterocycles. The average Bonchev–Trinajstić information content (AvgIpc) is 3.63. The number of hydrogen-bond acceptors (Lipinski definition) is 13. The van der Waals surface area contributed by atoms with Crippen LogP contribution in [0, 0.1) is 0 Å². The van der Waals surface area contributed by atoms with Crippen LogP contribution in [0.1, 0.15) is 77.3 Å². The molecule has 0 aromatic heterocycles. The first kappa shape index (κ1) is 38.7. The van der Waals surface area contributed by atoms with Crippen molar-refractivity contribution in [3.8, 4) is 0 Å². The van der Waals surface area contributed by atoms with Gasteiger partial charge in [-0.15, -0.1) is 0 Å². The van der Waals surface area contributed by atoms with Crippen LogP contribution in [0.5, 0.6) is 0 Å². The fraction of sp³-hybridized carbons (Fsp3) is 0.583. The third-order valence-electron chi connectivity index (χ3n) is 9.60. The number of phosphoric ester groups is 1. The molecule has 3 saturated heterocycles. The van der Waals surface area contributed by atoms with Gasteiger partial charge in [0.15, 0.2) is 6.79 Å². The Labute approximate surface area is 298 Å². The molecule has 14 nitrogen and oxygen atoms in total. The van der Waals surface area contributed by atoms with Crippen molar-refractivity contribution in [2.75, 3.05) is 33.5 Å². The minimum Gasteiger partial charge on any atom is -0.459 e. The number of phosphoric acid groups is 1. The maximum Gasteiger partial charge on any atom is 0.510 e. The van der Waals surface area contributed by atoms with Gasteiger partial charge >= 0.3 is 26.1 Å². The van der Waals surface area contributed by atoms with Crippen LogP contribution < -0.4 is 0 Å². The van der Waals surface area contributed by atoms with Crippen molar-refractivity contribution in [2.24, 2.45) is 0 Å². The Hall–Kier alpha value is -3.52. The zero-order valence-electron chi connectivity index (χ0n) is 29.6. The summed E-state index contributed by atoms with van der Waals surface area (Å²) < 4.78 is 62.9. The Bertz CT molecular complexity index is 1410. The predicted octanol–water partition coefficient (Wildman–Crippen LogP) is 6.95. The number of hydrogen-bond donors (Lipinski definition) is 0. The third-order valence-corrected chi connectivity index (χ3v) is 10.9. The summed E-state index contributed by atoms with van der Waals surface area (Å²) in [6.45, 7) is 6.19. The van der Waals surface area contributed by atoms with Crippen molar-refractivity contribution in [3.63, 3.8) is 0 Å². The van der Waals surface area contributed by atoms with Crippen LogP contribution in [-0.2, 0) is 57.0 Å². The molecule has 2 aromatic rings. The van der Waals surface area contributed by atoms with Gasteiger partial charge in [0.05, 0.1) is 37.4 Å². The molecule has 0 N–H and O–H groups in total. The molecule has 0 saturated carbocycles. The molecule has 2 atom stereocenters. The van der Waals surface area contributed by atoms with E-state index in [0.717, 1.165) is 30.2 Å². The molecule has 15 heteroatoms. The van der Waals surface area contributed by atoms with Crippen LogP contribution in [0.25, 0.3) is 0 Å². The van der Waals surface area contributed by atoms with E-state index in [4.69, 9.17) is 42.0 Å². The van der Waals surface area contributed by atoms with Crippen LogP contribution in [0.3, 0.4) is 0 Å². The number of esters is 1. The van der Waals surface area contributed by atoms with Gasteiger partial charge in [0.2, 0.25) is 19.2 Å². The molecule has 280 valence electrons. The van der Waals surface area contributed by atoms with Crippen LogP contribution in [0.2, 0.25) is 0 Å². The maximum atomic E-state index is 14.6. The maximum absolute atomic E-state index is 14.6. The summed E-state index contributed by atoms with van der Waals surface area (Å²) in [7, 11) is -4.70. The van der Waals surface area contributed by atoms with Gasteiger partial charge in [-0.2, -0.15) is 0 Å². The largest absolute Gasteiger partial charge is 0.510 e. The quantitative estimate of drug-likeness (QED) is 0.0576. The number of ether oxygens (including phenoxy) is 6. The minimum absolute atomic E-state index is 0.307. The van der Waals surface area contributed by atoms with Crippen molar-refractivity contribution >= 4 is 26.1 Å². The van der Waals surface area contributed by atoms with Gasteiger partial charge in [0.25, 0.3) is 0 Å². The first-order valence-electron chi connectivity index (χ1n) is 17.5. The summed E-state index contributed by atoms with van der Waals surface area (Å²) in [4.78, 5) is 38.4. The highest BCUT2D eigenvalue weighted by Gasteiger charge is 2.57. The number of carbonyl (C=O) groups is 3.